The minimum atomic E-state index is -4.62. The van der Waals surface area contributed by atoms with Gasteiger partial charge in [0, 0.05) is 38.4 Å². The summed E-state index contributed by atoms with van der Waals surface area (Å²) in [5, 5.41) is 25.4. The van der Waals surface area contributed by atoms with E-state index >= 15 is 0 Å². The molecule has 314 valence electrons. The lowest BCUT2D eigenvalue weighted by atomic mass is 9.91. The quantitative estimate of drug-likeness (QED) is 0.167. The number of alkyl halides is 3. The summed E-state index contributed by atoms with van der Waals surface area (Å²) in [5.41, 5.74) is 13.8. The van der Waals surface area contributed by atoms with Gasteiger partial charge in [-0.05, 0) is 126 Å². The number of benzene rings is 9. The van der Waals surface area contributed by atoms with Gasteiger partial charge in [-0.25, -0.2) is 0 Å². The van der Waals surface area contributed by atoms with Gasteiger partial charge in [0.1, 0.15) is 0 Å². The molecule has 9 aromatic carbocycles. The lowest BCUT2D eigenvalue weighted by Crippen LogP contribution is -2.05. The van der Waals surface area contributed by atoms with Crippen LogP contribution in [0.2, 0.25) is 0 Å². The van der Waals surface area contributed by atoms with Crippen molar-refractivity contribution in [2.24, 2.45) is 0 Å². The van der Waals surface area contributed by atoms with Crippen LogP contribution >= 0.6 is 0 Å². The number of nitrogens with zero attached hydrogens (tertiary/aromatic N) is 4. The van der Waals surface area contributed by atoms with Crippen LogP contribution in [0.5, 0.6) is 0 Å². The third-order valence-corrected chi connectivity index (χ3v) is 12.7. The summed E-state index contributed by atoms with van der Waals surface area (Å²) in [4.78, 5) is 0. The fourth-order valence-electron chi connectivity index (χ4n) is 9.66. The Morgan fingerprint density at radius 2 is 0.939 bits per heavy atom. The highest BCUT2D eigenvalue weighted by atomic mass is 19.4. The van der Waals surface area contributed by atoms with E-state index in [-0.39, 0.29) is 5.56 Å². The maximum absolute atomic E-state index is 13.9. The van der Waals surface area contributed by atoms with Crippen molar-refractivity contribution >= 4 is 43.6 Å². The molecular formula is C59H37F3N4. The highest BCUT2D eigenvalue weighted by molar-refractivity contribution is 6.12. The second kappa shape index (κ2) is 15.6. The normalized spacial score (nSPS) is 11.7. The predicted molar refractivity (Wildman–Crippen MR) is 261 cm³/mol. The van der Waals surface area contributed by atoms with Crippen LogP contribution in [-0.4, -0.2) is 9.13 Å². The van der Waals surface area contributed by atoms with Crippen LogP contribution in [-0.2, 0) is 6.18 Å². The van der Waals surface area contributed by atoms with Crippen molar-refractivity contribution < 1.29 is 13.2 Å². The van der Waals surface area contributed by atoms with Gasteiger partial charge in [-0.3, -0.25) is 0 Å². The smallest absolute Gasteiger partial charge is 0.309 e. The summed E-state index contributed by atoms with van der Waals surface area (Å²) < 4.78 is 46.2. The number of rotatable bonds is 6. The van der Waals surface area contributed by atoms with E-state index in [1.165, 1.54) is 11.6 Å². The first-order valence-electron chi connectivity index (χ1n) is 21.6. The van der Waals surface area contributed by atoms with Gasteiger partial charge < -0.3 is 9.13 Å². The number of aromatic nitrogens is 2. The van der Waals surface area contributed by atoms with Crippen LogP contribution in [0.25, 0.3) is 99.5 Å². The third-order valence-electron chi connectivity index (χ3n) is 12.7. The van der Waals surface area contributed by atoms with Gasteiger partial charge in [0.15, 0.2) is 0 Å². The number of fused-ring (bicyclic) bond motifs is 6. The van der Waals surface area contributed by atoms with Crippen LogP contribution in [0.1, 0.15) is 27.8 Å². The second-order valence-corrected chi connectivity index (χ2v) is 16.9. The van der Waals surface area contributed by atoms with E-state index in [1.807, 2.05) is 66.7 Å². The molecule has 2 aromatic heterocycles. The zero-order chi connectivity index (χ0) is 45.3. The number of hydrogen-bond donors (Lipinski definition) is 0. The van der Waals surface area contributed by atoms with Gasteiger partial charge >= 0.3 is 6.18 Å². The molecule has 0 aliphatic heterocycles. The van der Waals surface area contributed by atoms with Gasteiger partial charge in [-0.15, -0.1) is 0 Å². The standard InChI is InChI=1S/C59H37F3N4/c1-36-9-7-11-38(27-36)40-18-24-56-51(30-40)48-13-3-5-15-54(48)65(56)46-22-17-43(34-63)50(33-46)53-32-42(47-23-21-45(59(60,61)62)29-44(47)35-64)20-26-58(53)66-55-16-6-4-14-49(55)52-31-41(19-25-57(52)66)39-12-8-10-37(2)28-39/h3-33H,1-2H3. The molecule has 11 rings (SSSR count). The van der Waals surface area contributed by atoms with E-state index in [9.17, 15) is 23.7 Å². The highest BCUT2D eigenvalue weighted by Crippen LogP contribution is 2.43. The minimum absolute atomic E-state index is 0.103. The summed E-state index contributed by atoms with van der Waals surface area (Å²) in [6, 6.07) is 65.6. The summed E-state index contributed by atoms with van der Waals surface area (Å²) in [5.74, 6) is 0. The molecule has 0 unspecified atom stereocenters. The maximum atomic E-state index is 13.9. The van der Waals surface area contributed by atoms with E-state index < -0.39 is 11.7 Å². The molecule has 0 N–H and O–H groups in total. The van der Waals surface area contributed by atoms with Crippen molar-refractivity contribution in [3.63, 3.8) is 0 Å². The first-order chi connectivity index (χ1) is 32.1. The van der Waals surface area contributed by atoms with Gasteiger partial charge in [-0.1, -0.05) is 120 Å². The van der Waals surface area contributed by atoms with Crippen LogP contribution < -0.4 is 0 Å². The fourth-order valence-corrected chi connectivity index (χ4v) is 9.66. The molecule has 0 saturated carbocycles. The van der Waals surface area contributed by atoms with E-state index in [2.05, 4.69) is 138 Å². The molecule has 0 bridgehead atoms. The topological polar surface area (TPSA) is 57.4 Å². The molecule has 4 nitrogen and oxygen atoms in total. The Hall–Kier alpha value is -8.65. The molecule has 0 aliphatic rings. The fraction of sp³-hybridized carbons (Fsp3) is 0.0508. The summed E-state index contributed by atoms with van der Waals surface area (Å²) >= 11 is 0. The number of halogens is 3. The van der Waals surface area contributed by atoms with Crippen LogP contribution in [0.15, 0.2) is 188 Å². The van der Waals surface area contributed by atoms with Gasteiger partial charge in [0.25, 0.3) is 0 Å². The minimum Gasteiger partial charge on any atom is -0.309 e. The largest absolute Gasteiger partial charge is 0.416 e. The van der Waals surface area contributed by atoms with Crippen molar-refractivity contribution in [2.75, 3.05) is 0 Å². The summed E-state index contributed by atoms with van der Waals surface area (Å²) in [7, 11) is 0. The van der Waals surface area contributed by atoms with Crippen LogP contribution in [0.4, 0.5) is 13.2 Å². The van der Waals surface area contributed by atoms with Crippen molar-refractivity contribution in [2.45, 2.75) is 20.0 Å². The SMILES string of the molecule is Cc1cccc(-c2ccc3c(c2)c2ccccc2n3-c2ccc(C#N)c(-c3cc(-c4ccc(C(F)(F)F)cc4C#N)ccc3-n3c4ccccc4c4cc(-c5cccc(C)c5)ccc43)c2)c1. The number of aryl methyl sites for hydroxylation is 2. The molecule has 0 fully saturated rings. The Balaban J connectivity index is 1.18. The summed E-state index contributed by atoms with van der Waals surface area (Å²) in [6.45, 7) is 4.17. The third kappa shape index (κ3) is 6.69. The molecule has 0 aliphatic carbocycles. The Bertz CT molecular complexity index is 3870. The average Bonchev–Trinajstić information content (AvgIpc) is 3.85. The van der Waals surface area contributed by atoms with Gasteiger partial charge in [0.2, 0.25) is 0 Å². The molecule has 0 amide bonds. The van der Waals surface area contributed by atoms with Gasteiger partial charge in [0.05, 0.1) is 56.6 Å². The van der Waals surface area contributed by atoms with Crippen molar-refractivity contribution in [3.8, 4) is 68.0 Å². The maximum Gasteiger partial charge on any atom is 0.416 e. The number of hydrogen-bond acceptors (Lipinski definition) is 2. The first kappa shape index (κ1) is 40.1. The Morgan fingerprint density at radius 3 is 1.53 bits per heavy atom. The van der Waals surface area contributed by atoms with Crippen LogP contribution in [0.3, 0.4) is 0 Å². The molecular weight excluding hydrogens is 822 g/mol. The monoisotopic (exact) mass is 858 g/mol. The van der Waals surface area contributed by atoms with Crippen molar-refractivity contribution in [3.05, 3.63) is 216 Å². The molecule has 2 heterocycles. The van der Waals surface area contributed by atoms with Gasteiger partial charge in [-0.2, -0.15) is 23.7 Å². The lowest BCUT2D eigenvalue weighted by molar-refractivity contribution is -0.137. The van der Waals surface area contributed by atoms with E-state index in [1.54, 1.807) is 0 Å². The molecule has 0 saturated heterocycles. The number of para-hydroxylation sites is 2. The predicted octanol–water partition coefficient (Wildman–Crippen LogP) is 15.9. The zero-order valence-electron chi connectivity index (χ0n) is 35.8. The second-order valence-electron chi connectivity index (χ2n) is 16.9. The summed E-state index contributed by atoms with van der Waals surface area (Å²) in [6.07, 6.45) is -4.62. The first-order valence-corrected chi connectivity index (χ1v) is 21.6. The zero-order valence-corrected chi connectivity index (χ0v) is 35.8. The van der Waals surface area contributed by atoms with E-state index in [0.717, 1.165) is 94.9 Å². The molecule has 0 atom stereocenters. The molecule has 0 radical (unpaired) electrons. The molecule has 11 aromatic rings. The number of nitriles is 2. The van der Waals surface area contributed by atoms with E-state index in [4.69, 9.17) is 0 Å². The Labute approximate surface area is 378 Å². The molecule has 0 spiro atoms. The Morgan fingerprint density at radius 1 is 0.394 bits per heavy atom. The highest BCUT2D eigenvalue weighted by Gasteiger charge is 2.31. The van der Waals surface area contributed by atoms with Crippen molar-refractivity contribution in [1.29, 1.82) is 10.5 Å². The Kier molecular flexibility index (Phi) is 9.46. The van der Waals surface area contributed by atoms with Crippen molar-refractivity contribution in [1.82, 2.24) is 9.13 Å². The van der Waals surface area contributed by atoms with Crippen LogP contribution in [0, 0.1) is 36.5 Å². The lowest BCUT2D eigenvalue weighted by Gasteiger charge is -2.19. The molecule has 66 heavy (non-hydrogen) atoms. The molecule has 7 heteroatoms. The average molecular weight is 859 g/mol. The van der Waals surface area contributed by atoms with E-state index in [0.29, 0.717) is 27.8 Å².